The Balaban J connectivity index is 1.60. The van der Waals surface area contributed by atoms with Crippen molar-refractivity contribution in [3.63, 3.8) is 0 Å². The van der Waals surface area contributed by atoms with Crippen LogP contribution in [0.15, 0.2) is 84.2 Å². The van der Waals surface area contributed by atoms with Crippen LogP contribution in [0.5, 0.6) is 5.75 Å². The van der Waals surface area contributed by atoms with Crippen LogP contribution in [-0.4, -0.2) is 26.8 Å². The average molecular weight is 566 g/mol. The molecule has 8 nitrogen and oxygen atoms in total. The molecular weight excluding hydrogens is 534 g/mol. The van der Waals surface area contributed by atoms with Gasteiger partial charge >= 0.3 is 11.4 Å². The maximum atomic E-state index is 13.9. The van der Waals surface area contributed by atoms with Crippen LogP contribution in [0, 0.1) is 0 Å². The smallest absolute Gasteiger partial charge is 0.324 e. The lowest BCUT2D eigenvalue weighted by Crippen LogP contribution is -2.35. The van der Waals surface area contributed by atoms with Gasteiger partial charge in [0.25, 0.3) is 0 Å². The summed E-state index contributed by atoms with van der Waals surface area (Å²) in [7, 11) is 1.62. The standard InChI is InChI=1S/C29H31N3O5S2/c1-3-23-19-38-29(30-23)27(17-21-12-14-24(15-13-21)32-37-39(34)35)31-28(33)26(16-20-8-5-4-6-9-20)22-10-7-11-25(18-22)36-2/h4-15,18-19,26-27,32H,3,16-17H2,1-2H3,(H,31,33)(H,34,35)/t26-,27-/m0/s1. The zero-order valence-electron chi connectivity index (χ0n) is 21.7. The van der Waals surface area contributed by atoms with E-state index in [4.69, 9.17) is 14.3 Å². The van der Waals surface area contributed by atoms with Gasteiger partial charge < -0.3 is 10.1 Å². The number of hydrogen-bond acceptors (Lipinski definition) is 7. The zero-order valence-corrected chi connectivity index (χ0v) is 23.3. The van der Waals surface area contributed by atoms with E-state index in [0.29, 0.717) is 24.3 Å². The maximum absolute atomic E-state index is 13.9. The number of ether oxygens (including phenoxy) is 1. The molecule has 4 aromatic rings. The maximum Gasteiger partial charge on any atom is 0.324 e. The van der Waals surface area contributed by atoms with Gasteiger partial charge in [-0.1, -0.05) is 61.5 Å². The van der Waals surface area contributed by atoms with Gasteiger partial charge in [-0.05, 0) is 60.2 Å². The summed E-state index contributed by atoms with van der Waals surface area (Å²) in [6.45, 7) is 2.05. The Morgan fingerprint density at radius 3 is 2.44 bits per heavy atom. The van der Waals surface area contributed by atoms with Gasteiger partial charge in [-0.25, -0.2) is 10.5 Å². The number of aryl methyl sites for hydroxylation is 1. The fourth-order valence-corrected chi connectivity index (χ4v) is 5.34. The first-order chi connectivity index (χ1) is 18.9. The fraction of sp³-hybridized carbons (Fsp3) is 0.241. The number of benzene rings is 3. The Morgan fingerprint density at radius 1 is 1.03 bits per heavy atom. The minimum absolute atomic E-state index is 0.0949. The number of rotatable bonds is 13. The van der Waals surface area contributed by atoms with Gasteiger partial charge in [0.2, 0.25) is 5.91 Å². The van der Waals surface area contributed by atoms with Crippen LogP contribution in [0.4, 0.5) is 5.69 Å². The van der Waals surface area contributed by atoms with Gasteiger partial charge in [0.15, 0.2) is 0 Å². The summed E-state index contributed by atoms with van der Waals surface area (Å²) in [6, 6.07) is 24.5. The van der Waals surface area contributed by atoms with Crippen molar-refractivity contribution in [3.8, 4) is 5.75 Å². The number of anilines is 1. The predicted octanol–water partition coefficient (Wildman–Crippen LogP) is 5.62. The highest BCUT2D eigenvalue weighted by molar-refractivity contribution is 7.74. The molecular formula is C29H31N3O5S2. The summed E-state index contributed by atoms with van der Waals surface area (Å²) < 4.78 is 29.5. The van der Waals surface area contributed by atoms with Crippen molar-refractivity contribution in [3.05, 3.63) is 112 Å². The number of thiazole rings is 1. The molecule has 0 bridgehead atoms. The molecule has 3 aromatic carbocycles. The molecule has 1 aromatic heterocycles. The average Bonchev–Trinajstić information content (AvgIpc) is 3.45. The van der Waals surface area contributed by atoms with Crippen LogP contribution < -0.4 is 15.5 Å². The molecule has 0 saturated carbocycles. The number of carbonyl (C=O) groups is 1. The first-order valence-corrected chi connectivity index (χ1v) is 14.4. The molecule has 204 valence electrons. The van der Waals surface area contributed by atoms with E-state index < -0.39 is 17.3 Å². The third-order valence-corrected chi connectivity index (χ3v) is 7.50. The topological polar surface area (TPSA) is 110 Å². The third-order valence-electron chi connectivity index (χ3n) is 6.27. The number of amides is 1. The highest BCUT2D eigenvalue weighted by Gasteiger charge is 2.26. The Kier molecular flexibility index (Phi) is 10.2. The van der Waals surface area contributed by atoms with Crippen LogP contribution in [0.3, 0.4) is 0 Å². The number of methoxy groups -OCH3 is 1. The zero-order chi connectivity index (χ0) is 27.6. The molecule has 0 aliphatic carbocycles. The Hall–Kier alpha value is -3.57. The van der Waals surface area contributed by atoms with Gasteiger partial charge in [-0.15, -0.1) is 15.6 Å². The molecule has 0 aliphatic heterocycles. The molecule has 3 N–H and O–H groups in total. The number of aromatic nitrogens is 1. The van der Waals surface area contributed by atoms with Crippen LogP contribution in [0.25, 0.3) is 0 Å². The molecule has 0 spiro atoms. The summed E-state index contributed by atoms with van der Waals surface area (Å²) in [4.78, 5) is 18.7. The molecule has 1 heterocycles. The summed E-state index contributed by atoms with van der Waals surface area (Å²) in [5.74, 6) is 0.172. The number of hydrogen-bond donors (Lipinski definition) is 3. The summed E-state index contributed by atoms with van der Waals surface area (Å²) >= 11 is -0.886. The van der Waals surface area contributed by atoms with Crippen LogP contribution in [0.2, 0.25) is 0 Å². The quantitative estimate of drug-likeness (QED) is 0.143. The predicted molar refractivity (Wildman–Crippen MR) is 154 cm³/mol. The first-order valence-electron chi connectivity index (χ1n) is 12.5. The lowest BCUT2D eigenvalue weighted by Gasteiger charge is -2.23. The molecule has 0 saturated heterocycles. The minimum Gasteiger partial charge on any atom is -0.497 e. The second kappa shape index (κ2) is 14.0. The number of carbonyl (C=O) groups excluding carboxylic acids is 1. The SMILES string of the molecule is CCc1csc([C@H](Cc2ccc(NOS(=O)O)cc2)NC(=O)[C@@H](Cc2ccccc2)c2cccc(OC)c2)n1. The van der Waals surface area contributed by atoms with Crippen LogP contribution >= 0.6 is 11.3 Å². The highest BCUT2D eigenvalue weighted by Crippen LogP contribution is 2.28. The summed E-state index contributed by atoms with van der Waals surface area (Å²) in [6.07, 6.45) is 1.87. The van der Waals surface area contributed by atoms with E-state index in [1.165, 1.54) is 11.3 Å². The van der Waals surface area contributed by atoms with Crippen LogP contribution in [0.1, 0.15) is 46.3 Å². The monoisotopic (exact) mass is 565 g/mol. The Morgan fingerprint density at radius 2 is 1.77 bits per heavy atom. The Bertz CT molecular complexity index is 1380. The van der Waals surface area contributed by atoms with E-state index in [1.54, 1.807) is 19.2 Å². The second-order valence-corrected chi connectivity index (χ2v) is 10.4. The first kappa shape index (κ1) is 28.4. The second-order valence-electron chi connectivity index (χ2n) is 8.91. The van der Waals surface area contributed by atoms with E-state index >= 15 is 0 Å². The molecule has 4 rings (SSSR count). The number of nitrogens with zero attached hydrogens (tertiary/aromatic N) is 1. The van der Waals surface area contributed by atoms with Crippen molar-refractivity contribution in [1.82, 2.24) is 10.3 Å². The fourth-order valence-electron chi connectivity index (χ4n) is 4.22. The highest BCUT2D eigenvalue weighted by atomic mass is 32.2. The van der Waals surface area contributed by atoms with Gasteiger partial charge in [0.05, 0.1) is 30.5 Å². The molecule has 3 atom stereocenters. The molecule has 1 unspecified atom stereocenters. The van der Waals surface area contributed by atoms with E-state index in [9.17, 15) is 9.00 Å². The van der Waals surface area contributed by atoms with Crippen molar-refractivity contribution >= 4 is 34.3 Å². The van der Waals surface area contributed by atoms with E-state index in [0.717, 1.165) is 33.8 Å². The van der Waals surface area contributed by atoms with Gasteiger partial charge in [-0.2, -0.15) is 4.21 Å². The third kappa shape index (κ3) is 8.21. The van der Waals surface area contributed by atoms with Gasteiger partial charge in [0, 0.05) is 5.38 Å². The summed E-state index contributed by atoms with van der Waals surface area (Å²) in [5, 5.41) is 6.15. The summed E-state index contributed by atoms with van der Waals surface area (Å²) in [5.41, 5.74) is 6.84. The molecule has 0 fully saturated rings. The lowest BCUT2D eigenvalue weighted by molar-refractivity contribution is -0.123. The molecule has 0 radical (unpaired) electrons. The van der Waals surface area contributed by atoms with Crippen molar-refractivity contribution < 1.29 is 22.6 Å². The number of nitrogens with one attached hydrogen (secondary N) is 2. The minimum atomic E-state index is -2.42. The van der Waals surface area contributed by atoms with Crippen molar-refractivity contribution in [1.29, 1.82) is 0 Å². The van der Waals surface area contributed by atoms with Crippen molar-refractivity contribution in [2.24, 2.45) is 0 Å². The molecule has 1 amide bonds. The Labute approximate surface area is 234 Å². The van der Waals surface area contributed by atoms with Crippen molar-refractivity contribution in [2.45, 2.75) is 38.1 Å². The van der Waals surface area contributed by atoms with E-state index in [2.05, 4.69) is 22.0 Å². The largest absolute Gasteiger partial charge is 0.497 e. The molecule has 10 heteroatoms. The lowest BCUT2D eigenvalue weighted by atomic mass is 9.90. The molecule has 39 heavy (non-hydrogen) atoms. The van der Waals surface area contributed by atoms with Gasteiger partial charge in [-0.3, -0.25) is 9.35 Å². The normalized spacial score (nSPS) is 13.3. The molecule has 0 aliphatic rings. The van der Waals surface area contributed by atoms with Crippen LogP contribution in [-0.2, 0) is 39.7 Å². The van der Waals surface area contributed by atoms with Gasteiger partial charge in [0.1, 0.15) is 10.8 Å². The van der Waals surface area contributed by atoms with E-state index in [-0.39, 0.29) is 11.9 Å². The van der Waals surface area contributed by atoms with Crippen molar-refractivity contribution in [2.75, 3.05) is 12.6 Å². The van der Waals surface area contributed by atoms with E-state index in [1.807, 2.05) is 72.1 Å².